The molecule has 0 aromatic heterocycles. The number of halogens is 2. The zero-order chi connectivity index (χ0) is 14.6. The van der Waals surface area contributed by atoms with E-state index in [1.807, 2.05) is 39.0 Å². The Kier molecular flexibility index (Phi) is 6.30. The Morgan fingerprint density at radius 2 is 2.05 bits per heavy atom. The second kappa shape index (κ2) is 7.27. The molecule has 2 N–H and O–H groups in total. The number of benzene rings is 1. The summed E-state index contributed by atoms with van der Waals surface area (Å²) in [6.07, 6.45) is 0.591. The van der Waals surface area contributed by atoms with Crippen LogP contribution >= 0.6 is 27.5 Å². The van der Waals surface area contributed by atoms with Crippen LogP contribution in [0.5, 0.6) is 0 Å². The highest BCUT2D eigenvalue weighted by atomic mass is 79.9. The number of carboxylic acid groups (broad SMARTS) is 1. The quantitative estimate of drug-likeness (QED) is 0.808. The summed E-state index contributed by atoms with van der Waals surface area (Å²) in [5.41, 5.74) is 0.903. The van der Waals surface area contributed by atoms with E-state index in [4.69, 9.17) is 11.6 Å². The van der Waals surface area contributed by atoms with Crippen molar-refractivity contribution in [1.29, 1.82) is 0 Å². The van der Waals surface area contributed by atoms with Gasteiger partial charge in [-0.2, -0.15) is 0 Å². The SMILES string of the molecule is CC(C)CC(NC(C)c1ccc(Br)cc1Cl)C(=O)O. The predicted octanol–water partition coefficient (Wildman–Crippen LogP) is 4.25. The van der Waals surface area contributed by atoms with Crippen molar-refractivity contribution in [2.75, 3.05) is 0 Å². The third-order valence-electron chi connectivity index (χ3n) is 2.89. The van der Waals surface area contributed by atoms with E-state index >= 15 is 0 Å². The highest BCUT2D eigenvalue weighted by Gasteiger charge is 2.22. The molecule has 3 nitrogen and oxygen atoms in total. The van der Waals surface area contributed by atoms with Crippen LogP contribution in [0, 0.1) is 5.92 Å². The van der Waals surface area contributed by atoms with E-state index in [9.17, 15) is 9.90 Å². The van der Waals surface area contributed by atoms with Gasteiger partial charge in [-0.3, -0.25) is 10.1 Å². The first-order valence-electron chi connectivity index (χ1n) is 6.25. The number of carbonyl (C=O) groups is 1. The summed E-state index contributed by atoms with van der Waals surface area (Å²) >= 11 is 9.53. The van der Waals surface area contributed by atoms with Crippen LogP contribution in [0.2, 0.25) is 5.02 Å². The number of aliphatic carboxylic acids is 1. The Morgan fingerprint density at radius 3 is 2.53 bits per heavy atom. The molecule has 1 rings (SSSR count). The summed E-state index contributed by atoms with van der Waals surface area (Å²) in [6.45, 7) is 5.94. The normalized spacial score (nSPS) is 14.4. The molecule has 0 aliphatic carbocycles. The van der Waals surface area contributed by atoms with E-state index in [0.29, 0.717) is 17.4 Å². The van der Waals surface area contributed by atoms with E-state index in [1.54, 1.807) is 0 Å². The molecule has 19 heavy (non-hydrogen) atoms. The molecular formula is C14H19BrClNO2. The second-order valence-corrected chi connectivity index (χ2v) is 6.40. The Morgan fingerprint density at radius 1 is 1.42 bits per heavy atom. The van der Waals surface area contributed by atoms with Crippen LogP contribution in [0.25, 0.3) is 0 Å². The maximum Gasteiger partial charge on any atom is 0.320 e. The predicted molar refractivity (Wildman–Crippen MR) is 81.6 cm³/mol. The van der Waals surface area contributed by atoms with Crippen LogP contribution in [0.15, 0.2) is 22.7 Å². The van der Waals surface area contributed by atoms with Crippen molar-refractivity contribution in [3.63, 3.8) is 0 Å². The smallest absolute Gasteiger partial charge is 0.320 e. The van der Waals surface area contributed by atoms with E-state index in [2.05, 4.69) is 21.2 Å². The summed E-state index contributed by atoms with van der Waals surface area (Å²) in [6, 6.07) is 4.94. The fraction of sp³-hybridized carbons (Fsp3) is 0.500. The van der Waals surface area contributed by atoms with Gasteiger partial charge in [-0.1, -0.05) is 47.4 Å². The molecule has 0 saturated heterocycles. The number of nitrogens with one attached hydrogen (secondary N) is 1. The molecule has 106 valence electrons. The molecule has 5 heteroatoms. The molecule has 0 bridgehead atoms. The molecule has 0 heterocycles. The van der Waals surface area contributed by atoms with Gasteiger partial charge in [0.05, 0.1) is 0 Å². The summed E-state index contributed by atoms with van der Waals surface area (Å²) in [4.78, 5) is 11.2. The first-order chi connectivity index (χ1) is 8.81. The first kappa shape index (κ1) is 16.5. The average molecular weight is 349 g/mol. The summed E-state index contributed by atoms with van der Waals surface area (Å²) < 4.78 is 0.908. The minimum absolute atomic E-state index is 0.111. The van der Waals surface area contributed by atoms with Gasteiger partial charge in [0.15, 0.2) is 0 Å². The molecule has 1 aromatic carbocycles. The van der Waals surface area contributed by atoms with Gasteiger partial charge >= 0.3 is 5.97 Å². The third-order valence-corrected chi connectivity index (χ3v) is 3.71. The van der Waals surface area contributed by atoms with Gasteiger partial charge in [0.2, 0.25) is 0 Å². The molecule has 0 fully saturated rings. The van der Waals surface area contributed by atoms with Gasteiger partial charge in [0, 0.05) is 15.5 Å². The van der Waals surface area contributed by atoms with Crippen LogP contribution in [-0.2, 0) is 4.79 Å². The van der Waals surface area contributed by atoms with Crippen molar-refractivity contribution in [2.24, 2.45) is 5.92 Å². The van der Waals surface area contributed by atoms with Crippen molar-refractivity contribution in [3.8, 4) is 0 Å². The molecule has 0 radical (unpaired) electrons. The summed E-state index contributed by atoms with van der Waals surface area (Å²) in [5, 5.41) is 13.0. The average Bonchev–Trinajstić information content (AvgIpc) is 2.26. The Hall–Kier alpha value is -0.580. The van der Waals surface area contributed by atoms with Gasteiger partial charge in [-0.15, -0.1) is 0 Å². The topological polar surface area (TPSA) is 49.3 Å². The standard InChI is InChI=1S/C14H19BrClNO2/c1-8(2)6-13(14(18)19)17-9(3)11-5-4-10(15)7-12(11)16/h4-5,7-9,13,17H,6H2,1-3H3,(H,18,19). The number of hydrogen-bond donors (Lipinski definition) is 2. The fourth-order valence-corrected chi connectivity index (χ4v) is 2.79. The van der Waals surface area contributed by atoms with E-state index in [1.165, 1.54) is 0 Å². The monoisotopic (exact) mass is 347 g/mol. The maximum atomic E-state index is 11.2. The van der Waals surface area contributed by atoms with Crippen LogP contribution in [0.3, 0.4) is 0 Å². The third kappa shape index (κ3) is 5.13. The molecule has 0 amide bonds. The van der Waals surface area contributed by atoms with Crippen LogP contribution in [-0.4, -0.2) is 17.1 Å². The molecule has 0 aliphatic heterocycles. The number of carboxylic acids is 1. The maximum absolute atomic E-state index is 11.2. The van der Waals surface area contributed by atoms with Crippen LogP contribution < -0.4 is 5.32 Å². The van der Waals surface area contributed by atoms with Gasteiger partial charge in [-0.25, -0.2) is 0 Å². The number of hydrogen-bond acceptors (Lipinski definition) is 2. The molecule has 2 unspecified atom stereocenters. The minimum Gasteiger partial charge on any atom is -0.480 e. The molecule has 2 atom stereocenters. The summed E-state index contributed by atoms with van der Waals surface area (Å²) in [5.74, 6) is -0.505. The molecule has 0 saturated carbocycles. The van der Waals surface area contributed by atoms with E-state index in [-0.39, 0.29) is 6.04 Å². The lowest BCUT2D eigenvalue weighted by molar-refractivity contribution is -0.140. The summed E-state index contributed by atoms with van der Waals surface area (Å²) in [7, 11) is 0. The van der Waals surface area contributed by atoms with Crippen molar-refractivity contribution in [1.82, 2.24) is 5.32 Å². The molecular weight excluding hydrogens is 330 g/mol. The lowest BCUT2D eigenvalue weighted by atomic mass is 10.0. The first-order valence-corrected chi connectivity index (χ1v) is 7.42. The van der Waals surface area contributed by atoms with Crippen molar-refractivity contribution in [3.05, 3.63) is 33.3 Å². The van der Waals surface area contributed by atoms with Gasteiger partial charge in [0.25, 0.3) is 0 Å². The Balaban J connectivity index is 2.81. The highest BCUT2D eigenvalue weighted by molar-refractivity contribution is 9.10. The molecule has 0 spiro atoms. The van der Waals surface area contributed by atoms with Crippen molar-refractivity contribution < 1.29 is 9.90 Å². The lowest BCUT2D eigenvalue weighted by Gasteiger charge is -2.22. The lowest BCUT2D eigenvalue weighted by Crippen LogP contribution is -2.39. The van der Waals surface area contributed by atoms with Crippen LogP contribution in [0.4, 0.5) is 0 Å². The Bertz CT molecular complexity index is 451. The van der Waals surface area contributed by atoms with Crippen LogP contribution in [0.1, 0.15) is 38.8 Å². The molecule has 0 aliphatic rings. The van der Waals surface area contributed by atoms with Gasteiger partial charge < -0.3 is 5.11 Å². The minimum atomic E-state index is -0.825. The second-order valence-electron chi connectivity index (χ2n) is 5.07. The molecule has 1 aromatic rings. The largest absolute Gasteiger partial charge is 0.480 e. The van der Waals surface area contributed by atoms with Crippen molar-refractivity contribution in [2.45, 2.75) is 39.3 Å². The van der Waals surface area contributed by atoms with E-state index < -0.39 is 12.0 Å². The zero-order valence-electron chi connectivity index (χ0n) is 11.3. The van der Waals surface area contributed by atoms with Gasteiger partial charge in [-0.05, 0) is 37.0 Å². The zero-order valence-corrected chi connectivity index (χ0v) is 13.6. The Labute approximate surface area is 127 Å². The highest BCUT2D eigenvalue weighted by Crippen LogP contribution is 2.27. The van der Waals surface area contributed by atoms with Gasteiger partial charge in [0.1, 0.15) is 6.04 Å². The fourth-order valence-electron chi connectivity index (χ4n) is 1.96. The van der Waals surface area contributed by atoms with Crippen molar-refractivity contribution >= 4 is 33.5 Å². The van der Waals surface area contributed by atoms with E-state index in [0.717, 1.165) is 10.0 Å². The number of rotatable bonds is 6.